The van der Waals surface area contributed by atoms with Crippen molar-refractivity contribution >= 4 is 22.4 Å². The van der Waals surface area contributed by atoms with E-state index in [0.29, 0.717) is 5.13 Å². The fourth-order valence-corrected chi connectivity index (χ4v) is 4.86. The Hall–Kier alpha value is -2.70. The molecule has 0 atom stereocenters. The number of amides is 1. The lowest BCUT2D eigenvalue weighted by atomic mass is 9.87. The van der Waals surface area contributed by atoms with Crippen LogP contribution in [0.15, 0.2) is 53.9 Å². The second-order valence-corrected chi connectivity index (χ2v) is 8.44. The lowest BCUT2D eigenvalue weighted by molar-refractivity contribution is -0.116. The van der Waals surface area contributed by atoms with Gasteiger partial charge in [-0.3, -0.25) is 9.69 Å². The molecule has 1 saturated heterocycles. The monoisotopic (exact) mass is 405 g/mol. The molecule has 1 amide bonds. The molecule has 2 aliphatic heterocycles. The van der Waals surface area contributed by atoms with E-state index in [-0.39, 0.29) is 5.91 Å². The number of carbonyl (C=O) groups excluding carboxylic acids is 1. The van der Waals surface area contributed by atoms with Crippen molar-refractivity contribution in [2.24, 2.45) is 0 Å². The van der Waals surface area contributed by atoms with E-state index in [9.17, 15) is 4.79 Å². The lowest BCUT2D eigenvalue weighted by Gasteiger charge is -2.27. The van der Waals surface area contributed by atoms with Crippen molar-refractivity contribution in [2.45, 2.75) is 31.7 Å². The second-order valence-electron chi connectivity index (χ2n) is 7.58. The minimum atomic E-state index is -0.411. The molecule has 2 aromatic carbocycles. The third-order valence-corrected chi connectivity index (χ3v) is 6.36. The highest BCUT2D eigenvalue weighted by atomic mass is 32.1. The first-order valence-corrected chi connectivity index (χ1v) is 11.0. The molecule has 2 aliphatic rings. The first-order valence-electron chi connectivity index (χ1n) is 10.1. The highest BCUT2D eigenvalue weighted by Gasteiger charge is 2.32. The van der Waals surface area contributed by atoms with Crippen molar-refractivity contribution in [3.63, 3.8) is 0 Å². The zero-order valence-electron chi connectivity index (χ0n) is 16.1. The van der Waals surface area contributed by atoms with E-state index in [1.165, 1.54) is 30.6 Å². The zero-order chi connectivity index (χ0) is 19.6. The van der Waals surface area contributed by atoms with Crippen LogP contribution in [0.25, 0.3) is 0 Å². The Labute approximate surface area is 174 Å². The van der Waals surface area contributed by atoms with E-state index in [2.05, 4.69) is 20.6 Å². The smallest absolute Gasteiger partial charge is 0.238 e. The number of thiazole rings is 1. The van der Waals surface area contributed by atoms with Crippen LogP contribution in [0, 0.1) is 0 Å². The van der Waals surface area contributed by atoms with Gasteiger partial charge in [0.05, 0.1) is 11.6 Å². The third kappa shape index (κ3) is 3.78. The van der Waals surface area contributed by atoms with Crippen molar-refractivity contribution in [2.75, 3.05) is 18.4 Å². The molecule has 0 radical (unpaired) electrons. The van der Waals surface area contributed by atoms with E-state index in [1.54, 1.807) is 0 Å². The predicted molar refractivity (Wildman–Crippen MR) is 115 cm³/mol. The maximum Gasteiger partial charge on any atom is 0.238 e. The molecule has 0 spiro atoms. The van der Waals surface area contributed by atoms with Gasteiger partial charge < -0.3 is 10.1 Å². The molecule has 1 fully saturated rings. The Bertz CT molecular complexity index is 981. The van der Waals surface area contributed by atoms with Gasteiger partial charge in [-0.15, -0.1) is 11.3 Å². The standard InChI is InChI=1S/C23H23N3O2S/c27-22(25-23-24-16(15-29-23)14-26-12-6-1-7-13-26)21-17-8-2-4-10-19(17)28-20-11-5-3-9-18(20)21/h2-5,8-11,15,21H,1,6-7,12-14H2,(H,24,25,27). The molecule has 0 unspecified atom stereocenters. The molecular weight excluding hydrogens is 382 g/mol. The topological polar surface area (TPSA) is 54.5 Å². The van der Waals surface area contributed by atoms with Crippen molar-refractivity contribution in [3.05, 3.63) is 70.7 Å². The van der Waals surface area contributed by atoms with Crippen molar-refractivity contribution in [1.82, 2.24) is 9.88 Å². The minimum Gasteiger partial charge on any atom is -0.457 e. The van der Waals surface area contributed by atoms with Crippen LogP contribution in [0.1, 0.15) is 42.0 Å². The molecule has 3 aromatic rings. The molecule has 1 N–H and O–H groups in total. The normalized spacial score (nSPS) is 16.6. The van der Waals surface area contributed by atoms with Gasteiger partial charge in [0.2, 0.25) is 5.91 Å². The number of piperidine rings is 1. The van der Waals surface area contributed by atoms with E-state index >= 15 is 0 Å². The summed E-state index contributed by atoms with van der Waals surface area (Å²) >= 11 is 1.49. The van der Waals surface area contributed by atoms with Crippen LogP contribution in [0.2, 0.25) is 0 Å². The van der Waals surface area contributed by atoms with Crippen molar-refractivity contribution in [1.29, 1.82) is 0 Å². The number of carbonyl (C=O) groups is 1. The third-order valence-electron chi connectivity index (χ3n) is 5.56. The average Bonchev–Trinajstić information content (AvgIpc) is 3.19. The van der Waals surface area contributed by atoms with Crippen LogP contribution in [0.5, 0.6) is 11.5 Å². The summed E-state index contributed by atoms with van der Waals surface area (Å²) in [6.07, 6.45) is 3.84. The van der Waals surface area contributed by atoms with Crippen LogP contribution < -0.4 is 10.1 Å². The number of nitrogens with one attached hydrogen (secondary N) is 1. The zero-order valence-corrected chi connectivity index (χ0v) is 17.0. The largest absolute Gasteiger partial charge is 0.457 e. The van der Waals surface area contributed by atoms with Crippen LogP contribution in [-0.2, 0) is 11.3 Å². The number of rotatable bonds is 4. The highest BCUT2D eigenvalue weighted by molar-refractivity contribution is 7.13. The summed E-state index contributed by atoms with van der Waals surface area (Å²) in [7, 11) is 0. The summed E-state index contributed by atoms with van der Waals surface area (Å²) in [4.78, 5) is 20.4. The van der Waals surface area contributed by atoms with Gasteiger partial charge in [-0.25, -0.2) is 4.98 Å². The number of nitrogens with zero attached hydrogens (tertiary/aromatic N) is 2. The van der Waals surface area contributed by atoms with Crippen LogP contribution >= 0.6 is 11.3 Å². The fraction of sp³-hybridized carbons (Fsp3) is 0.304. The van der Waals surface area contributed by atoms with E-state index < -0.39 is 5.92 Å². The number of benzene rings is 2. The van der Waals surface area contributed by atoms with Crippen LogP contribution in [-0.4, -0.2) is 28.9 Å². The van der Waals surface area contributed by atoms with Gasteiger partial charge >= 0.3 is 0 Å². The van der Waals surface area contributed by atoms with Crippen molar-refractivity contribution < 1.29 is 9.53 Å². The molecule has 0 aliphatic carbocycles. The Morgan fingerprint density at radius 3 is 2.38 bits per heavy atom. The maximum atomic E-state index is 13.3. The van der Waals surface area contributed by atoms with E-state index in [4.69, 9.17) is 4.74 Å². The van der Waals surface area contributed by atoms with Gasteiger partial charge in [0.25, 0.3) is 0 Å². The summed E-state index contributed by atoms with van der Waals surface area (Å²) in [5, 5.41) is 5.75. The fourth-order valence-electron chi connectivity index (χ4n) is 4.15. The van der Waals surface area contributed by atoms with Crippen LogP contribution in [0.3, 0.4) is 0 Å². The molecule has 29 heavy (non-hydrogen) atoms. The predicted octanol–water partition coefficient (Wildman–Crippen LogP) is 5.01. The molecule has 0 bridgehead atoms. The number of likely N-dealkylation sites (tertiary alicyclic amines) is 1. The Morgan fingerprint density at radius 2 is 1.69 bits per heavy atom. The molecular formula is C23H23N3O2S. The van der Waals surface area contributed by atoms with Crippen molar-refractivity contribution in [3.8, 4) is 11.5 Å². The summed E-state index contributed by atoms with van der Waals surface area (Å²) in [5.41, 5.74) is 2.79. The SMILES string of the molecule is O=C(Nc1nc(CN2CCCCC2)cs1)C1c2ccccc2Oc2ccccc21. The Kier molecular flexibility index (Phi) is 5.04. The Morgan fingerprint density at radius 1 is 1.03 bits per heavy atom. The first-order chi connectivity index (χ1) is 14.3. The number of ether oxygens (including phenoxy) is 1. The van der Waals surface area contributed by atoms with Gasteiger partial charge in [-0.2, -0.15) is 0 Å². The van der Waals surface area contributed by atoms with Gasteiger partial charge in [0.15, 0.2) is 5.13 Å². The summed E-state index contributed by atoms with van der Waals surface area (Å²) in [5.74, 6) is 0.977. The maximum absolute atomic E-state index is 13.3. The lowest BCUT2D eigenvalue weighted by Crippen LogP contribution is -2.29. The summed E-state index contributed by atoms with van der Waals surface area (Å²) < 4.78 is 6.00. The number of aromatic nitrogens is 1. The van der Waals surface area contributed by atoms with Gasteiger partial charge in [-0.05, 0) is 38.1 Å². The minimum absolute atomic E-state index is 0.0768. The quantitative estimate of drug-likeness (QED) is 0.663. The highest BCUT2D eigenvalue weighted by Crippen LogP contribution is 2.44. The molecule has 0 saturated carbocycles. The average molecular weight is 406 g/mol. The van der Waals surface area contributed by atoms with Crippen LogP contribution in [0.4, 0.5) is 5.13 Å². The number of hydrogen-bond donors (Lipinski definition) is 1. The molecule has 5 nitrogen and oxygen atoms in total. The summed E-state index contributed by atoms with van der Waals surface area (Å²) in [6, 6.07) is 15.5. The second kappa shape index (κ2) is 7.97. The number of fused-ring (bicyclic) bond motifs is 2. The Balaban J connectivity index is 1.36. The first kappa shape index (κ1) is 18.3. The molecule has 3 heterocycles. The molecule has 5 rings (SSSR count). The molecule has 6 heteroatoms. The number of anilines is 1. The number of hydrogen-bond acceptors (Lipinski definition) is 5. The summed E-state index contributed by atoms with van der Waals surface area (Å²) in [6.45, 7) is 3.12. The molecule has 148 valence electrons. The van der Waals surface area contributed by atoms with Gasteiger partial charge in [0, 0.05) is 23.1 Å². The molecule has 1 aromatic heterocycles. The van der Waals surface area contributed by atoms with Gasteiger partial charge in [-0.1, -0.05) is 42.8 Å². The number of para-hydroxylation sites is 2. The van der Waals surface area contributed by atoms with E-state index in [0.717, 1.165) is 48.0 Å². The van der Waals surface area contributed by atoms with Gasteiger partial charge in [0.1, 0.15) is 11.5 Å². The van der Waals surface area contributed by atoms with E-state index in [1.807, 2.05) is 48.5 Å².